The van der Waals surface area contributed by atoms with Crippen molar-refractivity contribution < 1.29 is 27.5 Å². The Kier molecular flexibility index (Phi) is 8.43. The molecule has 2 aromatic rings. The fourth-order valence-electron chi connectivity index (χ4n) is 4.08. The number of hydrogen-bond acceptors (Lipinski definition) is 4. The summed E-state index contributed by atoms with van der Waals surface area (Å²) in [6.07, 6.45) is -3.46. The number of rotatable bonds is 6. The van der Waals surface area contributed by atoms with Gasteiger partial charge >= 0.3 is 12.3 Å². The van der Waals surface area contributed by atoms with Gasteiger partial charge in [0.1, 0.15) is 5.60 Å². The number of halogens is 3. The number of alkyl carbamates (subject to hydrolysis) is 1. The van der Waals surface area contributed by atoms with Gasteiger partial charge in [0.25, 0.3) is 5.91 Å². The van der Waals surface area contributed by atoms with Crippen LogP contribution >= 0.6 is 0 Å². The van der Waals surface area contributed by atoms with Crippen LogP contribution in [0.25, 0.3) is 11.1 Å². The Balaban J connectivity index is 1.83. The Morgan fingerprint density at radius 3 is 2.26 bits per heavy atom. The van der Waals surface area contributed by atoms with Crippen LogP contribution in [0.3, 0.4) is 0 Å². The predicted molar refractivity (Wildman–Crippen MR) is 128 cm³/mol. The molecule has 2 aromatic carbocycles. The van der Waals surface area contributed by atoms with E-state index in [1.807, 2.05) is 0 Å². The van der Waals surface area contributed by atoms with Crippen molar-refractivity contribution in [1.82, 2.24) is 15.5 Å². The second-order valence-electron chi connectivity index (χ2n) is 9.53. The summed E-state index contributed by atoms with van der Waals surface area (Å²) in [6, 6.07) is 11.7. The number of alkyl halides is 3. The number of nitrogens with zero attached hydrogens (tertiary/aromatic N) is 1. The van der Waals surface area contributed by atoms with Gasteiger partial charge in [0, 0.05) is 24.7 Å². The maximum atomic E-state index is 13.8. The van der Waals surface area contributed by atoms with Gasteiger partial charge < -0.3 is 20.3 Å². The number of amides is 2. The molecule has 0 bridgehead atoms. The number of hydrogen-bond donors (Lipinski definition) is 2. The highest BCUT2D eigenvalue weighted by atomic mass is 19.4. The lowest BCUT2D eigenvalue weighted by atomic mass is 9.96. The Hall–Kier alpha value is -3.07. The fraction of sp³-hybridized carbons (Fsp3) is 0.462. The summed E-state index contributed by atoms with van der Waals surface area (Å²) in [7, 11) is 0. The minimum Gasteiger partial charge on any atom is -0.444 e. The van der Waals surface area contributed by atoms with E-state index in [0.29, 0.717) is 16.7 Å². The molecule has 0 unspecified atom stereocenters. The first-order valence-electron chi connectivity index (χ1n) is 11.7. The van der Waals surface area contributed by atoms with Crippen LogP contribution in [-0.4, -0.2) is 54.7 Å². The van der Waals surface area contributed by atoms with Gasteiger partial charge in [0.2, 0.25) is 0 Å². The van der Waals surface area contributed by atoms with Crippen LogP contribution in [0.1, 0.15) is 49.5 Å². The summed E-state index contributed by atoms with van der Waals surface area (Å²) < 4.78 is 44.3. The largest absolute Gasteiger partial charge is 0.444 e. The van der Waals surface area contributed by atoms with E-state index in [0.717, 1.165) is 38.1 Å². The number of carbonyl (C=O) groups is 2. The third kappa shape index (κ3) is 7.45. The average Bonchev–Trinajstić information content (AvgIpc) is 2.80. The third-order valence-corrected chi connectivity index (χ3v) is 5.71. The number of nitrogens with one attached hydrogen (secondary N) is 2. The molecule has 0 atom stereocenters. The number of ether oxygens (including phenoxy) is 1. The van der Waals surface area contributed by atoms with Crippen molar-refractivity contribution in [3.63, 3.8) is 0 Å². The highest BCUT2D eigenvalue weighted by Crippen LogP contribution is 2.32. The summed E-state index contributed by atoms with van der Waals surface area (Å²) in [5, 5.41) is 5.99. The van der Waals surface area contributed by atoms with Crippen LogP contribution in [0.2, 0.25) is 0 Å². The minimum absolute atomic E-state index is 0.0233. The summed E-state index contributed by atoms with van der Waals surface area (Å²) in [5.74, 6) is -0.224. The van der Waals surface area contributed by atoms with Gasteiger partial charge in [0.15, 0.2) is 0 Å². The molecular formula is C26H32F3N3O3. The standard InChI is InChI=1S/C26H32F3N3O3/c1-25(2,3)35-24(34)31-16-17-32(20-12-14-30-15-13-20)23(33)22-7-5-4-6-21(22)18-8-10-19(11-9-18)26(27,28)29/h4-11,20,30H,12-17H2,1-3H3,(H,31,34). The van der Waals surface area contributed by atoms with Gasteiger partial charge in [-0.3, -0.25) is 4.79 Å². The van der Waals surface area contributed by atoms with Gasteiger partial charge in [-0.15, -0.1) is 0 Å². The van der Waals surface area contributed by atoms with Crippen LogP contribution in [0, 0.1) is 0 Å². The topological polar surface area (TPSA) is 70.7 Å². The van der Waals surface area contributed by atoms with Gasteiger partial charge in [-0.25, -0.2) is 4.79 Å². The van der Waals surface area contributed by atoms with E-state index in [2.05, 4.69) is 10.6 Å². The third-order valence-electron chi connectivity index (χ3n) is 5.71. The monoisotopic (exact) mass is 491 g/mol. The molecule has 3 rings (SSSR count). The molecule has 0 aromatic heterocycles. The van der Waals surface area contributed by atoms with Gasteiger partial charge in [-0.2, -0.15) is 13.2 Å². The Labute approximate surface area is 203 Å². The first-order valence-corrected chi connectivity index (χ1v) is 11.7. The molecule has 1 aliphatic rings. The molecule has 190 valence electrons. The molecule has 1 aliphatic heterocycles. The van der Waals surface area contributed by atoms with E-state index < -0.39 is 23.4 Å². The molecule has 1 saturated heterocycles. The van der Waals surface area contributed by atoms with E-state index in [1.54, 1.807) is 49.9 Å². The minimum atomic E-state index is -4.43. The lowest BCUT2D eigenvalue weighted by Gasteiger charge is -2.35. The molecule has 9 heteroatoms. The van der Waals surface area contributed by atoms with Crippen molar-refractivity contribution in [2.75, 3.05) is 26.2 Å². The number of benzene rings is 2. The normalized spacial score (nSPS) is 14.9. The van der Waals surface area contributed by atoms with Crippen molar-refractivity contribution in [2.24, 2.45) is 0 Å². The summed E-state index contributed by atoms with van der Waals surface area (Å²) in [6.45, 7) is 7.36. The molecule has 1 fully saturated rings. The number of piperidine rings is 1. The SMILES string of the molecule is CC(C)(C)OC(=O)NCCN(C(=O)c1ccccc1-c1ccc(C(F)(F)F)cc1)C1CCNCC1. The predicted octanol–water partition coefficient (Wildman–Crippen LogP) is 5.09. The highest BCUT2D eigenvalue weighted by Gasteiger charge is 2.31. The molecule has 6 nitrogen and oxygen atoms in total. The molecule has 2 N–H and O–H groups in total. The average molecular weight is 492 g/mol. The van der Waals surface area contributed by atoms with E-state index in [1.165, 1.54) is 12.1 Å². The summed E-state index contributed by atoms with van der Waals surface area (Å²) >= 11 is 0. The van der Waals surface area contributed by atoms with E-state index in [9.17, 15) is 22.8 Å². The molecule has 0 radical (unpaired) electrons. The van der Waals surface area contributed by atoms with Crippen LogP contribution < -0.4 is 10.6 Å². The van der Waals surface area contributed by atoms with E-state index in [4.69, 9.17) is 4.74 Å². The zero-order valence-corrected chi connectivity index (χ0v) is 20.2. The molecule has 0 spiro atoms. The maximum Gasteiger partial charge on any atom is 0.416 e. The van der Waals surface area contributed by atoms with E-state index >= 15 is 0 Å². The highest BCUT2D eigenvalue weighted by molar-refractivity contribution is 6.01. The zero-order chi connectivity index (χ0) is 25.6. The second kappa shape index (κ2) is 11.1. The Morgan fingerprint density at radius 2 is 1.66 bits per heavy atom. The van der Waals surface area contributed by atoms with Crippen molar-refractivity contribution in [1.29, 1.82) is 0 Å². The lowest BCUT2D eigenvalue weighted by Crippen LogP contribution is -2.49. The molecule has 0 aliphatic carbocycles. The van der Waals surface area contributed by atoms with E-state index in [-0.39, 0.29) is 25.0 Å². The van der Waals surface area contributed by atoms with Crippen molar-refractivity contribution in [2.45, 2.75) is 51.4 Å². The van der Waals surface area contributed by atoms with Gasteiger partial charge in [0.05, 0.1) is 5.56 Å². The zero-order valence-electron chi connectivity index (χ0n) is 20.2. The smallest absolute Gasteiger partial charge is 0.416 e. The summed E-state index contributed by atoms with van der Waals surface area (Å²) in [4.78, 5) is 27.6. The van der Waals surface area contributed by atoms with Gasteiger partial charge in [-0.05, 0) is 76.0 Å². The first kappa shape index (κ1) is 26.5. The van der Waals surface area contributed by atoms with Gasteiger partial charge in [-0.1, -0.05) is 30.3 Å². The fourth-order valence-corrected chi connectivity index (χ4v) is 4.08. The second-order valence-corrected chi connectivity index (χ2v) is 9.53. The number of carbonyl (C=O) groups excluding carboxylic acids is 2. The van der Waals surface area contributed by atoms with Crippen molar-refractivity contribution in [3.8, 4) is 11.1 Å². The molecular weight excluding hydrogens is 459 g/mol. The lowest BCUT2D eigenvalue weighted by molar-refractivity contribution is -0.137. The van der Waals surface area contributed by atoms with Crippen molar-refractivity contribution >= 4 is 12.0 Å². The Bertz CT molecular complexity index is 1010. The quantitative estimate of drug-likeness (QED) is 0.591. The van der Waals surface area contributed by atoms with Crippen LogP contribution in [0.5, 0.6) is 0 Å². The molecule has 0 saturated carbocycles. The first-order chi connectivity index (χ1) is 16.5. The van der Waals surface area contributed by atoms with Crippen LogP contribution in [0.15, 0.2) is 48.5 Å². The van der Waals surface area contributed by atoms with Crippen LogP contribution in [0.4, 0.5) is 18.0 Å². The molecule has 1 heterocycles. The van der Waals surface area contributed by atoms with Crippen molar-refractivity contribution in [3.05, 3.63) is 59.7 Å². The molecule has 35 heavy (non-hydrogen) atoms. The molecule has 2 amide bonds. The maximum absolute atomic E-state index is 13.8. The van der Waals surface area contributed by atoms with Crippen LogP contribution in [-0.2, 0) is 10.9 Å². The Morgan fingerprint density at radius 1 is 1.03 bits per heavy atom. The summed E-state index contributed by atoms with van der Waals surface area (Å²) in [5.41, 5.74) is 0.122.